The van der Waals surface area contributed by atoms with Crippen LogP contribution in [0.1, 0.15) is 16.7 Å². The molecule has 3 nitrogen and oxygen atoms in total. The van der Waals surface area contributed by atoms with Crippen LogP contribution < -0.4 is 0 Å². The first-order valence-corrected chi connectivity index (χ1v) is 8.94. The first-order valence-electron chi connectivity index (χ1n) is 6.97. The lowest BCUT2D eigenvalue weighted by molar-refractivity contribution is 0.190. The molecule has 1 aliphatic rings. The van der Waals surface area contributed by atoms with Gasteiger partial charge in [-0.2, -0.15) is 0 Å². The van der Waals surface area contributed by atoms with E-state index in [1.807, 2.05) is 36.4 Å². The number of methoxy groups -OCH3 is 1. The van der Waals surface area contributed by atoms with Crippen LogP contribution in [0.25, 0.3) is 0 Å². The van der Waals surface area contributed by atoms with Crippen LogP contribution in [0.15, 0.2) is 59.8 Å². The molecule has 2 aromatic rings. The minimum absolute atomic E-state index is 0.586. The lowest BCUT2D eigenvalue weighted by Gasteiger charge is -2.36. The van der Waals surface area contributed by atoms with Gasteiger partial charge in [-0.25, -0.2) is 0 Å². The molecule has 0 amide bonds. The van der Waals surface area contributed by atoms with Crippen molar-refractivity contribution in [3.63, 3.8) is 0 Å². The van der Waals surface area contributed by atoms with Gasteiger partial charge in [0, 0.05) is 24.2 Å². The Labute approximate surface area is 138 Å². The average Bonchev–Trinajstić information content (AvgIpc) is 2.60. The lowest BCUT2D eigenvalue weighted by Crippen LogP contribution is -2.38. The summed E-state index contributed by atoms with van der Waals surface area (Å²) in [5, 5.41) is 13.2. The molecule has 1 unspecified atom stereocenters. The molecule has 2 aromatic carbocycles. The van der Waals surface area contributed by atoms with Crippen molar-refractivity contribution >= 4 is 29.2 Å². The summed E-state index contributed by atoms with van der Waals surface area (Å²) in [7, 11) is 1.67. The van der Waals surface area contributed by atoms with Gasteiger partial charge in [0.1, 0.15) is 5.71 Å². The van der Waals surface area contributed by atoms with Gasteiger partial charge in [0.05, 0.1) is 0 Å². The third-order valence-electron chi connectivity index (χ3n) is 3.62. The van der Waals surface area contributed by atoms with E-state index in [-0.39, 0.29) is 0 Å². The van der Waals surface area contributed by atoms with Crippen LogP contribution in [0.2, 0.25) is 0 Å². The third-order valence-corrected chi connectivity index (χ3v) is 6.74. The van der Waals surface area contributed by atoms with Crippen molar-refractivity contribution in [3.8, 4) is 0 Å². The fourth-order valence-electron chi connectivity index (χ4n) is 2.48. The van der Waals surface area contributed by atoms with E-state index in [4.69, 9.17) is 4.74 Å². The molecule has 0 bridgehead atoms. The molecular formula is C17H17NO2S2. The highest BCUT2D eigenvalue weighted by Crippen LogP contribution is 2.48. The van der Waals surface area contributed by atoms with Crippen molar-refractivity contribution < 1.29 is 9.94 Å². The maximum absolute atomic E-state index is 9.58. The molecular weight excluding hydrogens is 314 g/mol. The van der Waals surface area contributed by atoms with Crippen molar-refractivity contribution in [1.82, 2.24) is 0 Å². The minimum atomic E-state index is -0.682. The van der Waals surface area contributed by atoms with E-state index in [0.717, 1.165) is 17.1 Å². The van der Waals surface area contributed by atoms with Crippen molar-refractivity contribution in [2.75, 3.05) is 7.11 Å². The SMILES string of the molecule is COC1(SCc2ccccc2)SCc2ccccc2/C1=N\O. The predicted octanol–water partition coefficient (Wildman–Crippen LogP) is 4.35. The standard InChI is InChI=1S/C17H17NO2S2/c1-20-17(21-11-13-7-3-2-4-8-13)16(18-19)15-10-6-5-9-14(15)12-22-17/h2-10,19H,11-12H2,1H3/b18-16+. The highest BCUT2D eigenvalue weighted by atomic mass is 32.2. The summed E-state index contributed by atoms with van der Waals surface area (Å²) >= 11 is 3.30. The molecule has 1 atom stereocenters. The van der Waals surface area contributed by atoms with Crippen molar-refractivity contribution in [2.24, 2.45) is 5.16 Å². The highest BCUT2D eigenvalue weighted by Gasteiger charge is 2.43. The molecule has 114 valence electrons. The topological polar surface area (TPSA) is 41.8 Å². The molecule has 22 heavy (non-hydrogen) atoms. The summed E-state index contributed by atoms with van der Waals surface area (Å²) < 4.78 is 5.11. The molecule has 0 saturated carbocycles. The second-order valence-corrected chi connectivity index (χ2v) is 7.49. The van der Waals surface area contributed by atoms with E-state index >= 15 is 0 Å². The summed E-state index contributed by atoms with van der Waals surface area (Å²) in [5.41, 5.74) is 3.95. The normalized spacial score (nSPS) is 22.5. The first kappa shape index (κ1) is 15.5. The zero-order valence-electron chi connectivity index (χ0n) is 12.2. The van der Waals surface area contributed by atoms with Gasteiger partial charge in [0.15, 0.2) is 0 Å². The van der Waals surface area contributed by atoms with E-state index in [0.29, 0.717) is 5.71 Å². The van der Waals surface area contributed by atoms with Crippen LogP contribution in [0.5, 0.6) is 0 Å². The maximum Gasteiger partial charge on any atom is 0.207 e. The maximum atomic E-state index is 9.58. The fourth-order valence-corrected chi connectivity index (χ4v) is 5.12. The van der Waals surface area contributed by atoms with Gasteiger partial charge in [0.25, 0.3) is 0 Å². The summed E-state index contributed by atoms with van der Waals surface area (Å²) in [6.45, 7) is 0. The second kappa shape index (κ2) is 6.77. The Kier molecular flexibility index (Phi) is 4.76. The van der Waals surface area contributed by atoms with Crippen molar-refractivity contribution in [1.29, 1.82) is 0 Å². The molecule has 5 heteroatoms. The van der Waals surface area contributed by atoms with Gasteiger partial charge in [-0.05, 0) is 11.1 Å². The van der Waals surface area contributed by atoms with Crippen LogP contribution in [-0.2, 0) is 16.2 Å². The monoisotopic (exact) mass is 331 g/mol. The molecule has 1 N–H and O–H groups in total. The quantitative estimate of drug-likeness (QED) is 0.514. The average molecular weight is 331 g/mol. The number of nitrogens with zero attached hydrogens (tertiary/aromatic N) is 1. The Morgan fingerprint density at radius 3 is 2.64 bits per heavy atom. The summed E-state index contributed by atoms with van der Waals surface area (Å²) in [4.78, 5) is 0. The number of hydrogen-bond donors (Lipinski definition) is 1. The summed E-state index contributed by atoms with van der Waals surface area (Å²) in [6.07, 6.45) is 0. The molecule has 0 radical (unpaired) electrons. The van der Waals surface area contributed by atoms with Gasteiger partial charge < -0.3 is 9.94 Å². The van der Waals surface area contributed by atoms with E-state index in [1.54, 1.807) is 30.6 Å². The number of hydrogen-bond acceptors (Lipinski definition) is 5. The van der Waals surface area contributed by atoms with Gasteiger partial charge in [0.2, 0.25) is 4.27 Å². The third kappa shape index (κ3) is 2.89. The van der Waals surface area contributed by atoms with Gasteiger partial charge in [-0.1, -0.05) is 59.8 Å². The van der Waals surface area contributed by atoms with Crippen LogP contribution in [0.4, 0.5) is 0 Å². The zero-order chi connectivity index (χ0) is 15.4. The molecule has 1 heterocycles. The van der Waals surface area contributed by atoms with E-state index in [2.05, 4.69) is 23.4 Å². The Hall–Kier alpha value is -1.43. The van der Waals surface area contributed by atoms with Crippen molar-refractivity contribution in [3.05, 3.63) is 71.3 Å². The summed E-state index contributed by atoms with van der Waals surface area (Å²) in [6, 6.07) is 18.3. The Morgan fingerprint density at radius 2 is 1.91 bits per heavy atom. The van der Waals surface area contributed by atoms with E-state index < -0.39 is 4.27 Å². The Morgan fingerprint density at radius 1 is 1.18 bits per heavy atom. The predicted molar refractivity (Wildman–Crippen MR) is 93.5 cm³/mol. The zero-order valence-corrected chi connectivity index (χ0v) is 13.9. The number of ether oxygens (including phenoxy) is 1. The molecule has 0 aliphatic carbocycles. The van der Waals surface area contributed by atoms with E-state index in [1.165, 1.54) is 11.1 Å². The number of rotatable bonds is 4. The molecule has 0 aromatic heterocycles. The number of benzene rings is 2. The van der Waals surface area contributed by atoms with E-state index in [9.17, 15) is 5.21 Å². The molecule has 0 fully saturated rings. The fraction of sp³-hybridized carbons (Fsp3) is 0.235. The highest BCUT2D eigenvalue weighted by molar-refractivity contribution is 8.18. The number of oxime groups is 1. The second-order valence-electron chi connectivity index (χ2n) is 4.93. The smallest absolute Gasteiger partial charge is 0.207 e. The molecule has 1 aliphatic heterocycles. The van der Waals surface area contributed by atoms with Crippen LogP contribution in [0, 0.1) is 0 Å². The lowest BCUT2D eigenvalue weighted by atomic mass is 10.0. The number of fused-ring (bicyclic) bond motifs is 1. The Balaban J connectivity index is 1.89. The molecule has 0 saturated heterocycles. The Bertz CT molecular complexity index is 675. The van der Waals surface area contributed by atoms with Gasteiger partial charge in [-0.3, -0.25) is 0 Å². The first-order chi connectivity index (χ1) is 10.8. The minimum Gasteiger partial charge on any atom is -0.410 e. The molecule has 3 rings (SSSR count). The van der Waals surface area contributed by atoms with Crippen molar-refractivity contribution in [2.45, 2.75) is 15.8 Å². The van der Waals surface area contributed by atoms with Crippen LogP contribution in [-0.4, -0.2) is 22.3 Å². The van der Waals surface area contributed by atoms with Gasteiger partial charge in [-0.15, -0.1) is 23.5 Å². The van der Waals surface area contributed by atoms with Gasteiger partial charge >= 0.3 is 0 Å². The summed E-state index contributed by atoms with van der Waals surface area (Å²) in [5.74, 6) is 1.63. The van der Waals surface area contributed by atoms with Crippen LogP contribution >= 0.6 is 23.5 Å². The number of thioether (sulfide) groups is 2. The van der Waals surface area contributed by atoms with Crippen LogP contribution in [0.3, 0.4) is 0 Å². The largest absolute Gasteiger partial charge is 0.410 e. The molecule has 0 spiro atoms.